The van der Waals surface area contributed by atoms with E-state index < -0.39 is 0 Å². The van der Waals surface area contributed by atoms with Crippen molar-refractivity contribution in [2.24, 2.45) is 7.05 Å². The molecule has 1 atom stereocenters. The number of anilines is 2. The molecule has 1 fully saturated rings. The minimum Gasteiger partial charge on any atom is -0.489 e. The normalized spacial score (nSPS) is 15.3. The first kappa shape index (κ1) is 25.7. The van der Waals surface area contributed by atoms with Crippen molar-refractivity contribution >= 4 is 28.3 Å². The summed E-state index contributed by atoms with van der Waals surface area (Å²) < 4.78 is 19.2. The van der Waals surface area contributed by atoms with Gasteiger partial charge in [-0.2, -0.15) is 15.1 Å². The average molecular weight is 497 g/mol. The molecular formula is C26H36N6O4. The van der Waals surface area contributed by atoms with Gasteiger partial charge in [0.25, 0.3) is 0 Å². The second-order valence-electron chi connectivity index (χ2n) is 9.42. The Bertz CT molecular complexity index is 1220. The SMILES string of the molecule is CCCC(=O)c1cc(N2CCC(Oc3cc(C)cc4c3c(N)nn4C)CC2)nc(O[C@H](C)COC)n1. The summed E-state index contributed by atoms with van der Waals surface area (Å²) in [6.45, 7) is 7.76. The van der Waals surface area contributed by atoms with Crippen molar-refractivity contribution in [3.8, 4) is 11.8 Å². The van der Waals surface area contributed by atoms with Crippen molar-refractivity contribution in [2.45, 2.75) is 58.7 Å². The molecule has 1 aliphatic heterocycles. The summed E-state index contributed by atoms with van der Waals surface area (Å²) >= 11 is 0. The number of ether oxygens (including phenoxy) is 3. The number of hydrogen-bond acceptors (Lipinski definition) is 9. The van der Waals surface area contributed by atoms with Gasteiger partial charge in [0.15, 0.2) is 11.6 Å². The van der Waals surface area contributed by atoms with Gasteiger partial charge in [0.05, 0.1) is 17.5 Å². The van der Waals surface area contributed by atoms with E-state index in [1.807, 2.05) is 33.9 Å². The number of hydrogen-bond donors (Lipinski definition) is 1. The number of nitrogen functional groups attached to an aromatic ring is 1. The van der Waals surface area contributed by atoms with E-state index in [1.54, 1.807) is 17.9 Å². The van der Waals surface area contributed by atoms with Gasteiger partial charge in [-0.15, -0.1) is 0 Å². The number of aromatic nitrogens is 4. The third-order valence-electron chi connectivity index (χ3n) is 6.31. The Labute approximate surface area is 211 Å². The largest absolute Gasteiger partial charge is 0.489 e. The molecule has 0 saturated carbocycles. The van der Waals surface area contributed by atoms with Crippen molar-refractivity contribution in [1.29, 1.82) is 0 Å². The summed E-state index contributed by atoms with van der Waals surface area (Å²) in [7, 11) is 3.50. The molecular weight excluding hydrogens is 460 g/mol. The van der Waals surface area contributed by atoms with Crippen LogP contribution in [-0.4, -0.2) is 64.5 Å². The molecule has 0 unspecified atom stereocenters. The average Bonchev–Trinajstić information content (AvgIpc) is 3.12. The van der Waals surface area contributed by atoms with Crippen molar-refractivity contribution in [3.05, 3.63) is 29.5 Å². The third-order valence-corrected chi connectivity index (χ3v) is 6.31. The molecule has 36 heavy (non-hydrogen) atoms. The van der Waals surface area contributed by atoms with E-state index in [2.05, 4.69) is 26.0 Å². The predicted molar refractivity (Wildman–Crippen MR) is 139 cm³/mol. The molecule has 3 aromatic rings. The van der Waals surface area contributed by atoms with Crippen LogP contribution >= 0.6 is 0 Å². The summed E-state index contributed by atoms with van der Waals surface area (Å²) in [6.07, 6.45) is 2.59. The molecule has 194 valence electrons. The highest BCUT2D eigenvalue weighted by atomic mass is 16.5. The van der Waals surface area contributed by atoms with E-state index in [1.165, 1.54) is 0 Å². The van der Waals surface area contributed by atoms with Gasteiger partial charge >= 0.3 is 6.01 Å². The molecule has 0 radical (unpaired) electrons. The van der Waals surface area contributed by atoms with E-state index in [0.717, 1.165) is 54.6 Å². The Balaban J connectivity index is 1.50. The van der Waals surface area contributed by atoms with Gasteiger partial charge in [-0.25, -0.2) is 0 Å². The first-order chi connectivity index (χ1) is 17.3. The lowest BCUT2D eigenvalue weighted by atomic mass is 10.1. The number of carbonyl (C=O) groups excluding carboxylic acids is 1. The van der Waals surface area contributed by atoms with Crippen LogP contribution in [0.15, 0.2) is 18.2 Å². The highest BCUT2D eigenvalue weighted by Gasteiger charge is 2.25. The van der Waals surface area contributed by atoms with E-state index in [4.69, 9.17) is 19.9 Å². The van der Waals surface area contributed by atoms with Crippen LogP contribution in [0, 0.1) is 6.92 Å². The Morgan fingerprint density at radius 2 is 1.97 bits per heavy atom. The van der Waals surface area contributed by atoms with Crippen LogP contribution in [0.2, 0.25) is 0 Å². The molecule has 1 saturated heterocycles. The van der Waals surface area contributed by atoms with Crippen molar-refractivity contribution in [2.75, 3.05) is 37.4 Å². The standard InChI is InChI=1S/C26H36N6O4/c1-6-7-21(33)19-14-23(29-26(28-19)35-17(3)15-34-5)32-10-8-18(9-11-32)36-22-13-16(2)12-20-24(22)25(27)30-31(20)4/h12-14,17-18H,6-11,15H2,1-5H3,(H2,27,30)/t17-/m1/s1. The first-order valence-corrected chi connectivity index (χ1v) is 12.5. The molecule has 10 heteroatoms. The fraction of sp³-hybridized carbons (Fsp3) is 0.538. The maximum atomic E-state index is 12.6. The molecule has 1 aliphatic rings. The second-order valence-corrected chi connectivity index (χ2v) is 9.42. The zero-order valence-corrected chi connectivity index (χ0v) is 21.8. The van der Waals surface area contributed by atoms with Crippen molar-refractivity contribution in [3.63, 3.8) is 0 Å². The molecule has 2 N–H and O–H groups in total. The van der Waals surface area contributed by atoms with Gasteiger partial charge in [-0.05, 0) is 38.0 Å². The van der Waals surface area contributed by atoms with Crippen LogP contribution in [0.5, 0.6) is 11.8 Å². The lowest BCUT2D eigenvalue weighted by Gasteiger charge is -2.33. The summed E-state index contributed by atoms with van der Waals surface area (Å²) in [5, 5.41) is 5.21. The van der Waals surface area contributed by atoms with Gasteiger partial charge in [-0.3, -0.25) is 9.48 Å². The number of nitrogens with two attached hydrogens (primary N) is 1. The highest BCUT2D eigenvalue weighted by molar-refractivity contribution is 5.95. The molecule has 0 bridgehead atoms. The van der Waals surface area contributed by atoms with Crippen LogP contribution in [0.25, 0.3) is 10.9 Å². The van der Waals surface area contributed by atoms with Gasteiger partial charge in [0, 0.05) is 52.6 Å². The van der Waals surface area contributed by atoms with Crippen LogP contribution in [0.1, 0.15) is 55.6 Å². The highest BCUT2D eigenvalue weighted by Crippen LogP contribution is 2.34. The van der Waals surface area contributed by atoms with Crippen molar-refractivity contribution in [1.82, 2.24) is 19.7 Å². The number of rotatable bonds is 10. The smallest absolute Gasteiger partial charge is 0.319 e. The van der Waals surface area contributed by atoms with E-state index in [0.29, 0.717) is 30.4 Å². The number of piperidine rings is 1. The third kappa shape index (κ3) is 5.70. The molecule has 0 amide bonds. The monoisotopic (exact) mass is 496 g/mol. The second kappa shape index (κ2) is 11.1. The van der Waals surface area contributed by atoms with E-state index in [9.17, 15) is 4.79 Å². The van der Waals surface area contributed by atoms with E-state index >= 15 is 0 Å². The maximum Gasteiger partial charge on any atom is 0.319 e. The molecule has 0 aliphatic carbocycles. The van der Waals surface area contributed by atoms with Gasteiger partial charge in [0.1, 0.15) is 29.5 Å². The van der Waals surface area contributed by atoms with Crippen LogP contribution in [0.3, 0.4) is 0 Å². The Morgan fingerprint density at radius 1 is 1.22 bits per heavy atom. The minimum absolute atomic E-state index is 0.0128. The number of Topliss-reactive ketones (excluding diaryl/α,β-unsaturated/α-hetero) is 1. The summed E-state index contributed by atoms with van der Waals surface area (Å²) in [4.78, 5) is 23.8. The lowest BCUT2D eigenvalue weighted by molar-refractivity contribution is 0.0846. The molecule has 10 nitrogen and oxygen atoms in total. The molecule has 4 rings (SSSR count). The molecule has 0 spiro atoms. The number of carbonyl (C=O) groups is 1. The number of benzene rings is 1. The fourth-order valence-electron chi connectivity index (χ4n) is 4.56. The number of ketones is 1. The summed E-state index contributed by atoms with van der Waals surface area (Å²) in [5.74, 6) is 1.92. The quantitative estimate of drug-likeness (QED) is 0.419. The number of nitrogens with zero attached hydrogens (tertiary/aromatic N) is 5. The van der Waals surface area contributed by atoms with Gasteiger partial charge in [0.2, 0.25) is 0 Å². The fourth-order valence-corrected chi connectivity index (χ4v) is 4.56. The van der Waals surface area contributed by atoms with E-state index in [-0.39, 0.29) is 24.0 Å². The predicted octanol–water partition coefficient (Wildman–Crippen LogP) is 3.70. The lowest BCUT2D eigenvalue weighted by Crippen LogP contribution is -2.39. The molecule has 2 aromatic heterocycles. The minimum atomic E-state index is -0.232. The number of methoxy groups -OCH3 is 1. The molecule has 1 aromatic carbocycles. The van der Waals surface area contributed by atoms with Crippen molar-refractivity contribution < 1.29 is 19.0 Å². The zero-order chi connectivity index (χ0) is 25.8. The molecule has 3 heterocycles. The first-order valence-electron chi connectivity index (χ1n) is 12.5. The Hall–Kier alpha value is -3.40. The van der Waals surface area contributed by atoms with Gasteiger partial charge < -0.3 is 24.8 Å². The topological polar surface area (TPSA) is 118 Å². The Kier molecular flexibility index (Phi) is 7.93. The van der Waals surface area contributed by atoms with Crippen LogP contribution < -0.4 is 20.1 Å². The van der Waals surface area contributed by atoms with Crippen LogP contribution in [-0.2, 0) is 11.8 Å². The number of fused-ring (bicyclic) bond motifs is 1. The summed E-state index contributed by atoms with van der Waals surface area (Å²) in [5.41, 5.74) is 8.61. The zero-order valence-electron chi connectivity index (χ0n) is 21.8. The van der Waals surface area contributed by atoms with Gasteiger partial charge in [-0.1, -0.05) is 6.92 Å². The maximum absolute atomic E-state index is 12.6. The Morgan fingerprint density at radius 3 is 2.67 bits per heavy atom. The summed E-state index contributed by atoms with van der Waals surface area (Å²) in [6, 6.07) is 6.05. The number of aryl methyl sites for hydroxylation is 2. The van der Waals surface area contributed by atoms with Crippen LogP contribution in [0.4, 0.5) is 11.6 Å².